The quantitative estimate of drug-likeness (QED) is 0.245. The van der Waals surface area contributed by atoms with Gasteiger partial charge in [0.05, 0.1) is 6.54 Å². The molecule has 148 valence electrons. The number of aryl methyl sites for hydroxylation is 1. The Balaban J connectivity index is 0.00000625. The Kier molecular flexibility index (Phi) is 11.3. The van der Waals surface area contributed by atoms with Gasteiger partial charge in [-0.1, -0.05) is 12.1 Å². The summed E-state index contributed by atoms with van der Waals surface area (Å²) in [5.74, 6) is 0.994. The van der Waals surface area contributed by atoms with Crippen LogP contribution in [0.3, 0.4) is 0 Å². The molecule has 1 aromatic rings. The highest BCUT2D eigenvalue weighted by atomic mass is 127. The first-order valence-electron chi connectivity index (χ1n) is 8.79. The summed E-state index contributed by atoms with van der Waals surface area (Å²) in [6.07, 6.45) is 1.80. The van der Waals surface area contributed by atoms with Gasteiger partial charge >= 0.3 is 0 Å². The van der Waals surface area contributed by atoms with Crippen LogP contribution in [-0.2, 0) is 11.2 Å². The number of aliphatic imine (C=N–C) groups is 1. The normalized spacial score (nSPS) is 11.5. The third-order valence-corrected chi connectivity index (χ3v) is 3.41. The van der Waals surface area contributed by atoms with Crippen LogP contribution >= 0.6 is 24.0 Å². The summed E-state index contributed by atoms with van der Waals surface area (Å²) in [5.41, 5.74) is 0.938. The molecule has 3 N–H and O–H groups in total. The molecule has 0 bridgehead atoms. The average molecular weight is 476 g/mol. The SMILES string of the molecule is CCNC(=NCCCc1ccc(O)cc1)N(C)CC(=O)NC(C)(C)C.I. The lowest BCUT2D eigenvalue weighted by molar-refractivity contribution is -0.122. The number of guanidine groups is 1. The van der Waals surface area contributed by atoms with Crippen LogP contribution in [0.2, 0.25) is 0 Å². The van der Waals surface area contributed by atoms with E-state index in [1.807, 2.05) is 51.8 Å². The van der Waals surface area contributed by atoms with E-state index in [-0.39, 0.29) is 47.7 Å². The summed E-state index contributed by atoms with van der Waals surface area (Å²) in [6, 6.07) is 7.25. The molecule has 0 saturated heterocycles. The highest BCUT2D eigenvalue weighted by molar-refractivity contribution is 14.0. The molecule has 1 rings (SSSR count). The average Bonchev–Trinajstić information content (AvgIpc) is 2.50. The number of aromatic hydroxyl groups is 1. The number of hydrogen-bond acceptors (Lipinski definition) is 3. The van der Waals surface area contributed by atoms with Crippen molar-refractivity contribution in [2.24, 2.45) is 4.99 Å². The molecule has 7 heteroatoms. The minimum Gasteiger partial charge on any atom is -0.508 e. The molecule has 0 aliphatic heterocycles. The number of carbonyl (C=O) groups is 1. The van der Waals surface area contributed by atoms with E-state index in [4.69, 9.17) is 0 Å². The zero-order valence-corrected chi connectivity index (χ0v) is 18.8. The van der Waals surface area contributed by atoms with Gasteiger partial charge in [0.25, 0.3) is 0 Å². The minimum absolute atomic E-state index is 0. The lowest BCUT2D eigenvalue weighted by Gasteiger charge is -2.25. The molecule has 6 nitrogen and oxygen atoms in total. The van der Waals surface area contributed by atoms with Gasteiger partial charge in [0, 0.05) is 25.7 Å². The molecule has 0 saturated carbocycles. The molecule has 0 heterocycles. The van der Waals surface area contributed by atoms with Crippen molar-refractivity contribution in [3.63, 3.8) is 0 Å². The third-order valence-electron chi connectivity index (χ3n) is 3.41. The summed E-state index contributed by atoms with van der Waals surface area (Å²) < 4.78 is 0. The number of phenolic OH excluding ortho intramolecular Hbond substituents is 1. The maximum absolute atomic E-state index is 12.1. The van der Waals surface area contributed by atoms with Gasteiger partial charge in [-0.2, -0.15) is 0 Å². The van der Waals surface area contributed by atoms with Crippen molar-refractivity contribution in [3.8, 4) is 5.75 Å². The van der Waals surface area contributed by atoms with Crippen molar-refractivity contribution in [1.29, 1.82) is 0 Å². The second-order valence-corrected chi connectivity index (χ2v) is 7.16. The molecule has 1 aromatic carbocycles. The van der Waals surface area contributed by atoms with E-state index < -0.39 is 0 Å². The molecular weight excluding hydrogens is 443 g/mol. The monoisotopic (exact) mass is 476 g/mol. The van der Waals surface area contributed by atoms with Crippen LogP contribution in [-0.4, -0.2) is 54.1 Å². The summed E-state index contributed by atoms with van der Waals surface area (Å²) >= 11 is 0. The van der Waals surface area contributed by atoms with Crippen molar-refractivity contribution >= 4 is 35.8 Å². The summed E-state index contributed by atoms with van der Waals surface area (Å²) in [5, 5.41) is 15.5. The number of benzene rings is 1. The number of likely N-dealkylation sites (N-methyl/N-ethyl adjacent to an activating group) is 1. The van der Waals surface area contributed by atoms with Crippen molar-refractivity contribution < 1.29 is 9.90 Å². The van der Waals surface area contributed by atoms with Crippen LogP contribution in [0.4, 0.5) is 0 Å². The molecule has 0 fully saturated rings. The van der Waals surface area contributed by atoms with Gasteiger partial charge in [0.2, 0.25) is 5.91 Å². The second-order valence-electron chi connectivity index (χ2n) is 7.16. The lowest BCUT2D eigenvalue weighted by Crippen LogP contribution is -2.48. The Morgan fingerprint density at radius 3 is 2.38 bits per heavy atom. The maximum Gasteiger partial charge on any atom is 0.240 e. The molecule has 26 heavy (non-hydrogen) atoms. The van der Waals surface area contributed by atoms with E-state index in [9.17, 15) is 9.90 Å². The number of halogens is 1. The second kappa shape index (κ2) is 12.0. The molecule has 0 atom stereocenters. The largest absolute Gasteiger partial charge is 0.508 e. The third kappa shape index (κ3) is 10.5. The van der Waals surface area contributed by atoms with Gasteiger partial charge in [0.1, 0.15) is 5.75 Å². The Hall–Kier alpha value is -1.51. The fourth-order valence-electron chi connectivity index (χ4n) is 2.35. The standard InChI is InChI=1S/C19H32N4O2.HI/c1-6-20-18(23(5)14-17(25)22-19(2,3)4)21-13-7-8-15-9-11-16(24)12-10-15;/h9-12,24H,6-8,13-14H2,1-5H3,(H,20,21)(H,22,25);1H. The first kappa shape index (κ1) is 24.5. The smallest absolute Gasteiger partial charge is 0.240 e. The van der Waals surface area contributed by atoms with Crippen LogP contribution in [0, 0.1) is 0 Å². The van der Waals surface area contributed by atoms with E-state index in [1.165, 1.54) is 5.56 Å². The van der Waals surface area contributed by atoms with Crippen molar-refractivity contribution in [3.05, 3.63) is 29.8 Å². The van der Waals surface area contributed by atoms with E-state index >= 15 is 0 Å². The topological polar surface area (TPSA) is 77.0 Å². The zero-order valence-electron chi connectivity index (χ0n) is 16.5. The van der Waals surface area contributed by atoms with Crippen LogP contribution < -0.4 is 10.6 Å². The number of carbonyl (C=O) groups excluding carboxylic acids is 1. The zero-order chi connectivity index (χ0) is 18.9. The Bertz CT molecular complexity index is 568. The summed E-state index contributed by atoms with van der Waals surface area (Å²) in [6.45, 7) is 9.60. The fourth-order valence-corrected chi connectivity index (χ4v) is 2.35. The molecular formula is C19H33IN4O2. The summed E-state index contributed by atoms with van der Waals surface area (Å²) in [4.78, 5) is 18.5. The number of nitrogens with zero attached hydrogens (tertiary/aromatic N) is 2. The fraction of sp³-hybridized carbons (Fsp3) is 0.579. The van der Waals surface area contributed by atoms with E-state index in [2.05, 4.69) is 15.6 Å². The van der Waals surface area contributed by atoms with Crippen LogP contribution in [0.25, 0.3) is 0 Å². The predicted octanol–water partition coefficient (Wildman–Crippen LogP) is 2.75. The Labute approximate surface area is 174 Å². The molecule has 0 aromatic heterocycles. The van der Waals surface area contributed by atoms with E-state index in [0.29, 0.717) is 6.54 Å². The number of phenols is 1. The van der Waals surface area contributed by atoms with Gasteiger partial charge in [0.15, 0.2) is 5.96 Å². The number of hydrogen-bond donors (Lipinski definition) is 3. The molecule has 0 unspecified atom stereocenters. The van der Waals surface area contributed by atoms with Gasteiger partial charge in [-0.3, -0.25) is 9.79 Å². The van der Waals surface area contributed by atoms with Crippen molar-refractivity contribution in [1.82, 2.24) is 15.5 Å². The number of amides is 1. The Morgan fingerprint density at radius 2 is 1.85 bits per heavy atom. The molecule has 0 radical (unpaired) electrons. The lowest BCUT2D eigenvalue weighted by atomic mass is 10.1. The molecule has 0 aliphatic carbocycles. The Morgan fingerprint density at radius 1 is 1.23 bits per heavy atom. The number of rotatable bonds is 7. The highest BCUT2D eigenvalue weighted by Crippen LogP contribution is 2.11. The van der Waals surface area contributed by atoms with Crippen molar-refractivity contribution in [2.45, 2.75) is 46.1 Å². The van der Waals surface area contributed by atoms with E-state index in [1.54, 1.807) is 12.1 Å². The van der Waals surface area contributed by atoms with Gasteiger partial charge in [-0.05, 0) is 58.2 Å². The van der Waals surface area contributed by atoms with Crippen LogP contribution in [0.1, 0.15) is 39.7 Å². The van der Waals surface area contributed by atoms with Crippen LogP contribution in [0.5, 0.6) is 5.75 Å². The maximum atomic E-state index is 12.1. The molecule has 0 aliphatic rings. The van der Waals surface area contributed by atoms with Gasteiger partial charge < -0.3 is 20.6 Å². The summed E-state index contributed by atoms with van der Waals surface area (Å²) in [7, 11) is 1.86. The van der Waals surface area contributed by atoms with Crippen LogP contribution in [0.15, 0.2) is 29.3 Å². The minimum atomic E-state index is -0.239. The molecule has 0 spiro atoms. The predicted molar refractivity (Wildman–Crippen MR) is 118 cm³/mol. The van der Waals surface area contributed by atoms with Gasteiger partial charge in [-0.25, -0.2) is 0 Å². The van der Waals surface area contributed by atoms with E-state index in [0.717, 1.165) is 25.3 Å². The number of nitrogens with one attached hydrogen (secondary N) is 2. The highest BCUT2D eigenvalue weighted by Gasteiger charge is 2.16. The first-order valence-corrected chi connectivity index (χ1v) is 8.79. The van der Waals surface area contributed by atoms with Gasteiger partial charge in [-0.15, -0.1) is 24.0 Å². The molecule has 1 amide bonds. The first-order chi connectivity index (χ1) is 11.7. The van der Waals surface area contributed by atoms with Crippen molar-refractivity contribution in [2.75, 3.05) is 26.7 Å².